The lowest BCUT2D eigenvalue weighted by Gasteiger charge is -2.18. The molecule has 2 atom stereocenters. The molecule has 3 amide bonds. The molecule has 1 saturated heterocycles. The van der Waals surface area contributed by atoms with Crippen molar-refractivity contribution in [3.05, 3.63) is 95.6 Å². The molecule has 1 aliphatic heterocycles. The van der Waals surface area contributed by atoms with Crippen molar-refractivity contribution < 1.29 is 19.1 Å². The van der Waals surface area contributed by atoms with E-state index >= 15 is 0 Å². The Morgan fingerprint density at radius 2 is 1.54 bits per heavy atom. The third-order valence-electron chi connectivity index (χ3n) is 6.56. The fourth-order valence-electron chi connectivity index (χ4n) is 4.63. The maximum Gasteiger partial charge on any atom is 0.255 e. The number of aryl methyl sites for hydroxylation is 1. The number of amides is 3. The third-order valence-corrected chi connectivity index (χ3v) is 6.56. The number of hydrogen-bond donors (Lipinski definition) is 1. The zero-order valence-electron chi connectivity index (χ0n) is 19.7. The van der Waals surface area contributed by atoms with Crippen LogP contribution in [0.4, 0.5) is 11.4 Å². The summed E-state index contributed by atoms with van der Waals surface area (Å²) in [6.45, 7) is 4.01. The minimum atomic E-state index is -0.326. The predicted octanol–water partition coefficient (Wildman–Crippen LogP) is 5.89. The molecule has 2 aliphatic rings. The fraction of sp³-hybridized carbons (Fsp3) is 0.207. The smallest absolute Gasteiger partial charge is 0.255 e. The van der Waals surface area contributed by atoms with Crippen molar-refractivity contribution in [2.45, 2.75) is 26.7 Å². The molecule has 35 heavy (non-hydrogen) atoms. The lowest BCUT2D eigenvalue weighted by atomic mass is 9.82. The van der Waals surface area contributed by atoms with Gasteiger partial charge in [-0.1, -0.05) is 35.4 Å². The van der Waals surface area contributed by atoms with Crippen LogP contribution >= 0.6 is 0 Å². The van der Waals surface area contributed by atoms with Crippen molar-refractivity contribution >= 4 is 29.1 Å². The molecule has 1 N–H and O–H groups in total. The van der Waals surface area contributed by atoms with Crippen LogP contribution in [0.1, 0.15) is 35.7 Å². The van der Waals surface area contributed by atoms with Crippen molar-refractivity contribution in [3.8, 4) is 11.5 Å². The molecule has 1 aliphatic carbocycles. The molecular formula is C29H26N2O4. The number of carbonyl (C=O) groups is 3. The first-order chi connectivity index (χ1) is 16.9. The predicted molar refractivity (Wildman–Crippen MR) is 135 cm³/mol. The summed E-state index contributed by atoms with van der Waals surface area (Å²) in [4.78, 5) is 40.1. The number of rotatable bonds is 5. The molecule has 1 fully saturated rings. The Balaban J connectivity index is 1.27. The van der Waals surface area contributed by atoms with E-state index in [1.165, 1.54) is 4.90 Å². The van der Waals surface area contributed by atoms with Crippen LogP contribution in [0.2, 0.25) is 0 Å². The van der Waals surface area contributed by atoms with Gasteiger partial charge in [0.05, 0.1) is 17.5 Å². The number of allylic oxidation sites excluding steroid dienone is 2. The number of benzene rings is 3. The Bertz CT molecular complexity index is 1330. The molecule has 1 heterocycles. The van der Waals surface area contributed by atoms with E-state index in [-0.39, 0.29) is 29.6 Å². The molecule has 6 heteroatoms. The number of nitrogens with one attached hydrogen (secondary N) is 1. The van der Waals surface area contributed by atoms with Crippen LogP contribution in [-0.2, 0) is 9.59 Å². The molecule has 0 saturated carbocycles. The Morgan fingerprint density at radius 1 is 0.886 bits per heavy atom. The minimum absolute atomic E-state index is 0.186. The van der Waals surface area contributed by atoms with E-state index in [1.54, 1.807) is 48.5 Å². The summed E-state index contributed by atoms with van der Waals surface area (Å²) < 4.78 is 5.83. The molecule has 0 aromatic heterocycles. The highest BCUT2D eigenvalue weighted by atomic mass is 16.5. The van der Waals surface area contributed by atoms with Crippen LogP contribution in [0.3, 0.4) is 0 Å². The van der Waals surface area contributed by atoms with Crippen molar-refractivity contribution in [2.24, 2.45) is 11.8 Å². The van der Waals surface area contributed by atoms with Crippen LogP contribution in [0.5, 0.6) is 11.5 Å². The van der Waals surface area contributed by atoms with Gasteiger partial charge in [0, 0.05) is 11.3 Å². The monoisotopic (exact) mass is 466 g/mol. The topological polar surface area (TPSA) is 75.7 Å². The second kappa shape index (κ2) is 9.22. The van der Waals surface area contributed by atoms with Crippen LogP contribution in [0.25, 0.3) is 0 Å². The number of anilines is 2. The van der Waals surface area contributed by atoms with E-state index in [0.29, 0.717) is 35.5 Å². The lowest BCUT2D eigenvalue weighted by molar-refractivity contribution is -0.122. The highest BCUT2D eigenvalue weighted by Gasteiger charge is 2.48. The van der Waals surface area contributed by atoms with E-state index in [2.05, 4.69) is 5.32 Å². The van der Waals surface area contributed by atoms with Crippen LogP contribution in [0, 0.1) is 18.8 Å². The molecule has 0 spiro atoms. The SMILES string of the molecule is CC1=CC[C@H]2C(=O)N(c3cccc(C(=O)Nc4ccc(Oc5ccc(C)cc5)cc4)c3)C(=O)[C@H]2C1. The third kappa shape index (κ3) is 4.60. The number of carbonyl (C=O) groups excluding carboxylic acids is 3. The summed E-state index contributed by atoms with van der Waals surface area (Å²) in [5, 5.41) is 2.86. The fourth-order valence-corrected chi connectivity index (χ4v) is 4.63. The molecular weight excluding hydrogens is 440 g/mol. The van der Waals surface area contributed by atoms with E-state index < -0.39 is 0 Å². The van der Waals surface area contributed by atoms with Gasteiger partial charge in [0.2, 0.25) is 11.8 Å². The number of hydrogen-bond acceptors (Lipinski definition) is 4. The minimum Gasteiger partial charge on any atom is -0.457 e. The van der Waals surface area contributed by atoms with Gasteiger partial charge in [-0.25, -0.2) is 0 Å². The quantitative estimate of drug-likeness (QED) is 0.376. The van der Waals surface area contributed by atoms with Gasteiger partial charge in [0.1, 0.15) is 11.5 Å². The Kier molecular flexibility index (Phi) is 5.95. The number of imide groups is 1. The zero-order valence-corrected chi connectivity index (χ0v) is 19.7. The van der Waals surface area contributed by atoms with Crippen LogP contribution in [-0.4, -0.2) is 17.7 Å². The van der Waals surface area contributed by atoms with E-state index in [9.17, 15) is 14.4 Å². The number of nitrogens with zero attached hydrogens (tertiary/aromatic N) is 1. The Hall–Kier alpha value is -4.19. The second-order valence-electron chi connectivity index (χ2n) is 9.16. The van der Waals surface area contributed by atoms with Gasteiger partial charge in [0.25, 0.3) is 5.91 Å². The van der Waals surface area contributed by atoms with Crippen molar-refractivity contribution in [3.63, 3.8) is 0 Å². The number of ether oxygens (including phenoxy) is 1. The summed E-state index contributed by atoms with van der Waals surface area (Å²) in [5.41, 5.74) is 3.70. The molecule has 0 radical (unpaired) electrons. The van der Waals surface area contributed by atoms with Gasteiger partial charge in [-0.15, -0.1) is 0 Å². The van der Waals surface area contributed by atoms with E-state index in [1.807, 2.05) is 44.2 Å². The molecule has 5 rings (SSSR count). The highest BCUT2D eigenvalue weighted by Crippen LogP contribution is 2.39. The average molecular weight is 467 g/mol. The molecule has 3 aromatic carbocycles. The van der Waals surface area contributed by atoms with Crippen LogP contribution in [0.15, 0.2) is 84.4 Å². The Morgan fingerprint density at radius 3 is 2.26 bits per heavy atom. The molecule has 6 nitrogen and oxygen atoms in total. The maximum absolute atomic E-state index is 13.0. The van der Waals surface area contributed by atoms with Crippen LogP contribution < -0.4 is 15.0 Å². The molecule has 3 aromatic rings. The average Bonchev–Trinajstić information content (AvgIpc) is 3.11. The molecule has 0 bridgehead atoms. The second-order valence-corrected chi connectivity index (χ2v) is 9.16. The van der Waals surface area contributed by atoms with Crippen molar-refractivity contribution in [1.82, 2.24) is 0 Å². The maximum atomic E-state index is 13.0. The molecule has 176 valence electrons. The standard InChI is InChI=1S/C29H26N2O4/c1-18-6-11-23(12-7-18)35-24-13-9-21(10-14-24)30-27(32)20-4-3-5-22(17-20)31-28(33)25-15-8-19(2)16-26(25)29(31)34/h3-14,17,25-26H,15-16H2,1-2H3,(H,30,32)/t25-,26+/m1/s1. The molecule has 0 unspecified atom stereocenters. The number of fused-ring (bicyclic) bond motifs is 1. The van der Waals surface area contributed by atoms with Gasteiger partial charge in [-0.2, -0.15) is 0 Å². The summed E-state index contributed by atoms with van der Waals surface area (Å²) in [5.74, 6) is 0.0646. The van der Waals surface area contributed by atoms with Gasteiger partial charge in [-0.05, 0) is 81.3 Å². The normalized spacial score (nSPS) is 19.3. The highest BCUT2D eigenvalue weighted by molar-refractivity contribution is 6.22. The Labute approximate surface area is 204 Å². The van der Waals surface area contributed by atoms with Gasteiger partial charge in [0.15, 0.2) is 0 Å². The first-order valence-corrected chi connectivity index (χ1v) is 11.7. The lowest BCUT2D eigenvalue weighted by Crippen LogP contribution is -2.31. The van der Waals surface area contributed by atoms with Gasteiger partial charge in [-0.3, -0.25) is 19.3 Å². The first kappa shape index (κ1) is 22.6. The van der Waals surface area contributed by atoms with Gasteiger partial charge < -0.3 is 10.1 Å². The largest absolute Gasteiger partial charge is 0.457 e. The summed E-state index contributed by atoms with van der Waals surface area (Å²) in [7, 11) is 0. The van der Waals surface area contributed by atoms with Crippen molar-refractivity contribution in [1.29, 1.82) is 0 Å². The summed E-state index contributed by atoms with van der Waals surface area (Å²) >= 11 is 0. The van der Waals surface area contributed by atoms with E-state index in [0.717, 1.165) is 16.9 Å². The first-order valence-electron chi connectivity index (χ1n) is 11.7. The summed E-state index contributed by atoms with van der Waals surface area (Å²) in [6.07, 6.45) is 3.23. The summed E-state index contributed by atoms with van der Waals surface area (Å²) in [6, 6.07) is 21.5. The zero-order chi connectivity index (χ0) is 24.5. The van der Waals surface area contributed by atoms with E-state index in [4.69, 9.17) is 4.74 Å². The van der Waals surface area contributed by atoms with Gasteiger partial charge >= 0.3 is 0 Å². The van der Waals surface area contributed by atoms with Crippen molar-refractivity contribution in [2.75, 3.05) is 10.2 Å².